The van der Waals surface area contributed by atoms with Crippen molar-refractivity contribution in [2.75, 3.05) is 13.6 Å². The van der Waals surface area contributed by atoms with E-state index in [1.807, 2.05) is 20.9 Å². The van der Waals surface area contributed by atoms with Gasteiger partial charge in [0.1, 0.15) is 5.76 Å². The third-order valence-corrected chi connectivity index (χ3v) is 5.44. The topological polar surface area (TPSA) is 62.5 Å². The molecule has 1 fully saturated rings. The second-order valence-electron chi connectivity index (χ2n) is 7.59. The number of rotatable bonds is 5. The van der Waals surface area contributed by atoms with Crippen molar-refractivity contribution in [1.29, 1.82) is 0 Å². The van der Waals surface area contributed by atoms with Crippen LogP contribution in [0, 0.1) is 25.7 Å². The maximum absolute atomic E-state index is 5.28. The number of nitrogens with one attached hydrogen (secondary N) is 2. The van der Waals surface area contributed by atoms with Gasteiger partial charge in [0.05, 0.1) is 5.69 Å². The lowest BCUT2D eigenvalue weighted by Gasteiger charge is -2.32. The lowest BCUT2D eigenvalue weighted by molar-refractivity contribution is 0.250. The zero-order valence-electron chi connectivity index (χ0n) is 16.1. The van der Waals surface area contributed by atoms with Crippen LogP contribution in [-0.4, -0.2) is 30.8 Å². The van der Waals surface area contributed by atoms with E-state index >= 15 is 0 Å². The maximum Gasteiger partial charge on any atom is 0.191 e. The molecule has 1 heterocycles. The fraction of sp³-hybridized carbons (Fsp3) is 0.789. The van der Waals surface area contributed by atoms with Gasteiger partial charge in [-0.3, -0.25) is 4.99 Å². The van der Waals surface area contributed by atoms with Crippen molar-refractivity contribution >= 4 is 5.96 Å². The summed E-state index contributed by atoms with van der Waals surface area (Å²) >= 11 is 0. The first kappa shape index (κ1) is 18.8. The fourth-order valence-electron chi connectivity index (χ4n) is 3.86. The first-order valence-electron chi connectivity index (χ1n) is 9.32. The van der Waals surface area contributed by atoms with Gasteiger partial charge in [0.2, 0.25) is 0 Å². The van der Waals surface area contributed by atoms with Crippen LogP contribution in [0.4, 0.5) is 0 Å². The quantitative estimate of drug-likeness (QED) is 0.635. The number of aromatic nitrogens is 1. The van der Waals surface area contributed by atoms with Crippen molar-refractivity contribution in [1.82, 2.24) is 15.8 Å². The van der Waals surface area contributed by atoms with E-state index in [9.17, 15) is 0 Å². The molecule has 24 heavy (non-hydrogen) atoms. The van der Waals surface area contributed by atoms with Crippen LogP contribution in [0.2, 0.25) is 0 Å². The summed E-state index contributed by atoms with van der Waals surface area (Å²) in [6.45, 7) is 11.7. The number of aryl methyl sites for hydroxylation is 2. The van der Waals surface area contributed by atoms with Crippen LogP contribution >= 0.6 is 0 Å². The summed E-state index contributed by atoms with van der Waals surface area (Å²) in [5.41, 5.74) is 2.19. The molecule has 0 radical (unpaired) electrons. The number of aliphatic imine (C=N–C) groups is 1. The predicted octanol–water partition coefficient (Wildman–Crippen LogP) is 3.77. The highest BCUT2D eigenvalue weighted by molar-refractivity contribution is 5.80. The average Bonchev–Trinajstić information content (AvgIpc) is 2.90. The molecule has 1 aromatic rings. The minimum Gasteiger partial charge on any atom is -0.361 e. The summed E-state index contributed by atoms with van der Waals surface area (Å²) in [4.78, 5) is 4.39. The third-order valence-electron chi connectivity index (χ3n) is 5.44. The molecule has 136 valence electrons. The van der Waals surface area contributed by atoms with Gasteiger partial charge < -0.3 is 15.2 Å². The van der Waals surface area contributed by atoms with Crippen LogP contribution in [0.25, 0.3) is 0 Å². The van der Waals surface area contributed by atoms with E-state index in [4.69, 9.17) is 4.52 Å². The van der Waals surface area contributed by atoms with Gasteiger partial charge in [0.25, 0.3) is 0 Å². The van der Waals surface area contributed by atoms with Gasteiger partial charge in [-0.25, -0.2) is 0 Å². The van der Waals surface area contributed by atoms with Crippen molar-refractivity contribution < 1.29 is 4.52 Å². The molecular formula is C19H34N4O. The van der Waals surface area contributed by atoms with Gasteiger partial charge in [-0.15, -0.1) is 0 Å². The molecule has 1 saturated carbocycles. The first-order valence-corrected chi connectivity index (χ1v) is 9.32. The second kappa shape index (κ2) is 8.54. The number of nitrogens with zero attached hydrogens (tertiary/aromatic N) is 2. The number of hydrogen-bond acceptors (Lipinski definition) is 3. The Bertz CT molecular complexity index is 522. The van der Waals surface area contributed by atoms with E-state index in [1.165, 1.54) is 31.2 Å². The van der Waals surface area contributed by atoms with Crippen LogP contribution in [0.15, 0.2) is 9.52 Å². The molecule has 2 rings (SSSR count). The molecule has 5 heteroatoms. The van der Waals surface area contributed by atoms with Crippen LogP contribution in [0.3, 0.4) is 0 Å². The van der Waals surface area contributed by atoms with Gasteiger partial charge in [-0.05, 0) is 51.4 Å². The van der Waals surface area contributed by atoms with E-state index < -0.39 is 0 Å². The van der Waals surface area contributed by atoms with Crippen LogP contribution in [0.1, 0.15) is 69.4 Å². The van der Waals surface area contributed by atoms with Crippen LogP contribution in [-0.2, 0) is 0 Å². The summed E-state index contributed by atoms with van der Waals surface area (Å²) in [5, 5.41) is 11.1. The Balaban J connectivity index is 1.81. The number of guanidine groups is 1. The van der Waals surface area contributed by atoms with Gasteiger partial charge >= 0.3 is 0 Å². The summed E-state index contributed by atoms with van der Waals surface area (Å²) in [7, 11) is 1.84. The normalized spacial score (nSPS) is 23.4. The van der Waals surface area contributed by atoms with Crippen LogP contribution < -0.4 is 10.6 Å². The molecule has 5 nitrogen and oxygen atoms in total. The smallest absolute Gasteiger partial charge is 0.191 e. The number of hydrogen-bond donors (Lipinski definition) is 2. The van der Waals surface area contributed by atoms with E-state index in [1.54, 1.807) is 0 Å². The summed E-state index contributed by atoms with van der Waals surface area (Å²) in [5.74, 6) is 3.85. The zero-order chi connectivity index (χ0) is 17.7. The van der Waals surface area contributed by atoms with Gasteiger partial charge in [-0.1, -0.05) is 25.9 Å². The molecule has 0 aromatic carbocycles. The fourth-order valence-corrected chi connectivity index (χ4v) is 3.86. The summed E-state index contributed by atoms with van der Waals surface area (Å²) in [6.07, 6.45) is 5.12. The molecule has 1 atom stereocenters. The summed E-state index contributed by atoms with van der Waals surface area (Å²) in [6, 6.07) is 0.542. The van der Waals surface area contributed by atoms with E-state index in [0.717, 1.165) is 35.8 Å². The Labute approximate surface area is 146 Å². The molecule has 0 bridgehead atoms. The van der Waals surface area contributed by atoms with Crippen molar-refractivity contribution in [3.63, 3.8) is 0 Å². The Hall–Kier alpha value is -1.52. The van der Waals surface area contributed by atoms with Gasteiger partial charge in [-0.2, -0.15) is 0 Å². The monoisotopic (exact) mass is 334 g/mol. The second-order valence-corrected chi connectivity index (χ2v) is 7.59. The van der Waals surface area contributed by atoms with Crippen LogP contribution in [0.5, 0.6) is 0 Å². The Morgan fingerprint density at radius 2 is 1.88 bits per heavy atom. The molecular weight excluding hydrogens is 300 g/mol. The highest BCUT2D eigenvalue weighted by Gasteiger charge is 2.24. The molecule has 1 aliphatic carbocycles. The Kier molecular flexibility index (Phi) is 6.69. The molecule has 2 N–H and O–H groups in total. The largest absolute Gasteiger partial charge is 0.361 e. The van der Waals surface area contributed by atoms with Crippen molar-refractivity contribution in [2.45, 2.75) is 72.3 Å². The van der Waals surface area contributed by atoms with Crippen molar-refractivity contribution in [3.05, 3.63) is 17.0 Å². The minimum atomic E-state index is 0.339. The predicted molar refractivity (Wildman–Crippen MR) is 99.5 cm³/mol. The average molecular weight is 335 g/mol. The Morgan fingerprint density at radius 1 is 1.21 bits per heavy atom. The zero-order valence-corrected chi connectivity index (χ0v) is 16.1. The van der Waals surface area contributed by atoms with E-state index in [2.05, 4.69) is 41.6 Å². The molecule has 1 aromatic heterocycles. The third kappa shape index (κ3) is 4.74. The van der Waals surface area contributed by atoms with Gasteiger partial charge in [0.15, 0.2) is 5.96 Å². The lowest BCUT2D eigenvalue weighted by Crippen LogP contribution is -2.46. The van der Waals surface area contributed by atoms with Crippen molar-refractivity contribution in [2.24, 2.45) is 16.8 Å². The van der Waals surface area contributed by atoms with Crippen molar-refractivity contribution in [3.8, 4) is 0 Å². The SMILES string of the molecule is CN=C(NCC(C)c1c(C)noc1C)NC1CCC(C(C)C)CC1. The molecule has 0 amide bonds. The molecule has 0 spiro atoms. The molecule has 1 aliphatic rings. The first-order chi connectivity index (χ1) is 11.4. The molecule has 0 aliphatic heterocycles. The molecule has 1 unspecified atom stereocenters. The van der Waals surface area contributed by atoms with E-state index in [-0.39, 0.29) is 0 Å². The highest BCUT2D eigenvalue weighted by atomic mass is 16.5. The van der Waals surface area contributed by atoms with Gasteiger partial charge in [0, 0.05) is 31.1 Å². The lowest BCUT2D eigenvalue weighted by atomic mass is 9.80. The standard InChI is InChI=1S/C19H34N4O/c1-12(2)16-7-9-17(10-8-16)22-19(20-6)21-11-13(3)18-14(4)23-24-15(18)5/h12-13,16-17H,7-11H2,1-6H3,(H2,20,21,22). The molecule has 0 saturated heterocycles. The Morgan fingerprint density at radius 3 is 2.38 bits per heavy atom. The minimum absolute atomic E-state index is 0.339. The summed E-state index contributed by atoms with van der Waals surface area (Å²) < 4.78 is 5.28. The maximum atomic E-state index is 5.28. The highest BCUT2D eigenvalue weighted by Crippen LogP contribution is 2.29. The van der Waals surface area contributed by atoms with E-state index in [0.29, 0.717) is 12.0 Å².